The van der Waals surface area contributed by atoms with E-state index in [2.05, 4.69) is 15.3 Å². The standard InChI is InChI=1S/C20H19N3O3/c1-13-9-14(6-8-22-13)18-5-4-7-23-20(18)26-17-11-15(19(24)21-2)10-16(12-17)25-3/h4-12H,1-3H3,(H,21,24). The molecule has 2 heterocycles. The van der Waals surface area contributed by atoms with E-state index in [1.54, 1.807) is 44.8 Å². The molecule has 0 unspecified atom stereocenters. The number of hydrogen-bond acceptors (Lipinski definition) is 5. The largest absolute Gasteiger partial charge is 0.497 e. The number of ether oxygens (including phenoxy) is 2. The van der Waals surface area contributed by atoms with Gasteiger partial charge in [0.05, 0.1) is 7.11 Å². The number of amides is 1. The number of pyridine rings is 2. The maximum absolute atomic E-state index is 12.0. The molecule has 0 atom stereocenters. The third-order valence-corrected chi connectivity index (χ3v) is 3.80. The lowest BCUT2D eigenvalue weighted by Crippen LogP contribution is -2.17. The molecule has 0 aliphatic rings. The maximum Gasteiger partial charge on any atom is 0.251 e. The quantitative estimate of drug-likeness (QED) is 0.762. The number of hydrogen-bond donors (Lipinski definition) is 1. The third kappa shape index (κ3) is 3.80. The van der Waals surface area contributed by atoms with Crippen molar-refractivity contribution in [2.24, 2.45) is 0 Å². The van der Waals surface area contributed by atoms with Crippen molar-refractivity contribution in [1.29, 1.82) is 0 Å². The maximum atomic E-state index is 12.0. The Bertz CT molecular complexity index is 941. The van der Waals surface area contributed by atoms with Crippen LogP contribution in [-0.4, -0.2) is 30.0 Å². The van der Waals surface area contributed by atoms with Gasteiger partial charge in [0.25, 0.3) is 5.91 Å². The van der Waals surface area contributed by atoms with E-state index in [-0.39, 0.29) is 5.91 Å². The molecule has 6 heteroatoms. The van der Waals surface area contributed by atoms with Gasteiger partial charge in [-0.2, -0.15) is 0 Å². The minimum Gasteiger partial charge on any atom is -0.497 e. The third-order valence-electron chi connectivity index (χ3n) is 3.80. The molecule has 0 aliphatic carbocycles. The first kappa shape index (κ1) is 17.4. The lowest BCUT2D eigenvalue weighted by Gasteiger charge is -2.12. The normalized spacial score (nSPS) is 10.3. The second-order valence-corrected chi connectivity index (χ2v) is 5.62. The summed E-state index contributed by atoms with van der Waals surface area (Å²) in [6.45, 7) is 1.93. The summed E-state index contributed by atoms with van der Waals surface area (Å²) in [6.07, 6.45) is 3.41. The van der Waals surface area contributed by atoms with Crippen molar-refractivity contribution in [3.63, 3.8) is 0 Å². The molecule has 0 bridgehead atoms. The molecule has 1 amide bonds. The van der Waals surface area contributed by atoms with Gasteiger partial charge in [0.2, 0.25) is 5.88 Å². The fraction of sp³-hybridized carbons (Fsp3) is 0.150. The molecule has 0 spiro atoms. The van der Waals surface area contributed by atoms with Gasteiger partial charge < -0.3 is 14.8 Å². The highest BCUT2D eigenvalue weighted by Crippen LogP contribution is 2.33. The zero-order chi connectivity index (χ0) is 18.5. The van der Waals surface area contributed by atoms with Crippen molar-refractivity contribution in [3.05, 3.63) is 66.1 Å². The Balaban J connectivity index is 2.01. The van der Waals surface area contributed by atoms with Gasteiger partial charge in [0, 0.05) is 42.3 Å². The Kier molecular flexibility index (Phi) is 5.12. The summed E-state index contributed by atoms with van der Waals surface area (Å²) in [4.78, 5) is 20.5. The second-order valence-electron chi connectivity index (χ2n) is 5.62. The number of nitrogens with zero attached hydrogens (tertiary/aromatic N) is 2. The Hall–Kier alpha value is -3.41. The summed E-state index contributed by atoms with van der Waals surface area (Å²) in [6, 6.07) is 12.7. The molecule has 0 radical (unpaired) electrons. The average Bonchev–Trinajstić information content (AvgIpc) is 2.67. The molecule has 132 valence electrons. The number of carbonyl (C=O) groups excluding carboxylic acids is 1. The van der Waals surface area contributed by atoms with Gasteiger partial charge >= 0.3 is 0 Å². The zero-order valence-corrected chi connectivity index (χ0v) is 14.8. The van der Waals surface area contributed by atoms with Crippen LogP contribution in [0.2, 0.25) is 0 Å². The first-order valence-electron chi connectivity index (χ1n) is 8.08. The first-order valence-corrected chi connectivity index (χ1v) is 8.08. The van der Waals surface area contributed by atoms with Crippen LogP contribution in [-0.2, 0) is 0 Å². The molecular formula is C20H19N3O3. The van der Waals surface area contributed by atoms with Gasteiger partial charge in [-0.3, -0.25) is 9.78 Å². The van der Waals surface area contributed by atoms with Crippen LogP contribution in [0.15, 0.2) is 54.9 Å². The highest BCUT2D eigenvalue weighted by molar-refractivity contribution is 5.94. The van der Waals surface area contributed by atoms with E-state index in [0.29, 0.717) is 22.9 Å². The van der Waals surface area contributed by atoms with Gasteiger partial charge in [-0.05, 0) is 48.9 Å². The molecule has 0 aliphatic heterocycles. The molecule has 0 saturated carbocycles. The highest BCUT2D eigenvalue weighted by Gasteiger charge is 2.13. The molecule has 2 aromatic heterocycles. The summed E-state index contributed by atoms with van der Waals surface area (Å²) >= 11 is 0. The summed E-state index contributed by atoms with van der Waals surface area (Å²) in [5.41, 5.74) is 3.14. The predicted octanol–water partition coefficient (Wildman–Crippen LogP) is 3.61. The number of carbonyl (C=O) groups is 1. The molecule has 0 saturated heterocycles. The Labute approximate surface area is 151 Å². The smallest absolute Gasteiger partial charge is 0.251 e. The van der Waals surface area contributed by atoms with Crippen LogP contribution in [0.4, 0.5) is 0 Å². The lowest BCUT2D eigenvalue weighted by molar-refractivity contribution is 0.0962. The van der Waals surface area contributed by atoms with Gasteiger partial charge in [0.1, 0.15) is 11.5 Å². The summed E-state index contributed by atoms with van der Waals surface area (Å²) in [5, 5.41) is 2.59. The second kappa shape index (κ2) is 7.65. The summed E-state index contributed by atoms with van der Waals surface area (Å²) in [7, 11) is 3.11. The molecule has 6 nitrogen and oxygen atoms in total. The van der Waals surface area contributed by atoms with E-state index in [0.717, 1.165) is 16.8 Å². The van der Waals surface area contributed by atoms with Crippen molar-refractivity contribution in [2.45, 2.75) is 6.92 Å². The van der Waals surface area contributed by atoms with Crippen LogP contribution in [0.25, 0.3) is 11.1 Å². The zero-order valence-electron chi connectivity index (χ0n) is 14.8. The lowest BCUT2D eigenvalue weighted by atomic mass is 10.1. The van der Waals surface area contributed by atoms with Crippen LogP contribution in [0.3, 0.4) is 0 Å². The number of methoxy groups -OCH3 is 1. The van der Waals surface area contributed by atoms with Crippen molar-refractivity contribution >= 4 is 5.91 Å². The van der Waals surface area contributed by atoms with Gasteiger partial charge in [-0.1, -0.05) is 0 Å². The SMILES string of the molecule is CNC(=O)c1cc(OC)cc(Oc2ncccc2-c2ccnc(C)c2)c1. The van der Waals surface area contributed by atoms with Crippen LogP contribution in [0, 0.1) is 6.92 Å². The Morgan fingerprint density at radius 3 is 2.58 bits per heavy atom. The topological polar surface area (TPSA) is 73.3 Å². The Morgan fingerprint density at radius 1 is 1.04 bits per heavy atom. The van der Waals surface area contributed by atoms with E-state index in [1.165, 1.54) is 0 Å². The molecular weight excluding hydrogens is 330 g/mol. The van der Waals surface area contributed by atoms with E-state index in [9.17, 15) is 4.79 Å². The molecule has 1 N–H and O–H groups in total. The van der Waals surface area contributed by atoms with Crippen molar-refractivity contribution in [1.82, 2.24) is 15.3 Å². The van der Waals surface area contributed by atoms with Crippen LogP contribution < -0.4 is 14.8 Å². The highest BCUT2D eigenvalue weighted by atomic mass is 16.5. The summed E-state index contributed by atoms with van der Waals surface area (Å²) in [5.74, 6) is 1.21. The van der Waals surface area contributed by atoms with Crippen LogP contribution >= 0.6 is 0 Å². The van der Waals surface area contributed by atoms with Crippen LogP contribution in [0.5, 0.6) is 17.4 Å². The number of aryl methyl sites for hydroxylation is 1. The van der Waals surface area contributed by atoms with E-state index in [4.69, 9.17) is 9.47 Å². The van der Waals surface area contributed by atoms with Gasteiger partial charge in [-0.15, -0.1) is 0 Å². The average molecular weight is 349 g/mol. The van der Waals surface area contributed by atoms with Crippen LogP contribution in [0.1, 0.15) is 16.1 Å². The predicted molar refractivity (Wildman–Crippen MR) is 98.7 cm³/mol. The Morgan fingerprint density at radius 2 is 1.85 bits per heavy atom. The van der Waals surface area contributed by atoms with E-state index in [1.807, 2.05) is 31.2 Å². The molecule has 3 rings (SSSR count). The fourth-order valence-corrected chi connectivity index (χ4v) is 2.54. The number of nitrogens with one attached hydrogen (secondary N) is 1. The minimum absolute atomic E-state index is 0.222. The van der Waals surface area contributed by atoms with Crippen molar-refractivity contribution < 1.29 is 14.3 Å². The molecule has 0 fully saturated rings. The molecule has 26 heavy (non-hydrogen) atoms. The molecule has 1 aromatic carbocycles. The summed E-state index contributed by atoms with van der Waals surface area (Å²) < 4.78 is 11.3. The number of benzene rings is 1. The minimum atomic E-state index is -0.222. The molecule has 3 aromatic rings. The monoisotopic (exact) mass is 349 g/mol. The van der Waals surface area contributed by atoms with E-state index < -0.39 is 0 Å². The number of aromatic nitrogens is 2. The first-order chi connectivity index (χ1) is 12.6. The van der Waals surface area contributed by atoms with Crippen molar-refractivity contribution in [3.8, 4) is 28.5 Å². The fourth-order valence-electron chi connectivity index (χ4n) is 2.54. The van der Waals surface area contributed by atoms with E-state index >= 15 is 0 Å². The van der Waals surface area contributed by atoms with Gasteiger partial charge in [0.15, 0.2) is 0 Å². The van der Waals surface area contributed by atoms with Gasteiger partial charge in [-0.25, -0.2) is 4.98 Å². The number of rotatable bonds is 5. The van der Waals surface area contributed by atoms with Crippen molar-refractivity contribution in [2.75, 3.05) is 14.2 Å².